The normalized spacial score (nSPS) is 29.4. The molecule has 0 aliphatic carbocycles. The Morgan fingerprint density at radius 1 is 1.33 bits per heavy atom. The lowest BCUT2D eigenvalue weighted by molar-refractivity contribution is 0.0458. The van der Waals surface area contributed by atoms with Gasteiger partial charge in [-0.25, -0.2) is 0 Å². The van der Waals surface area contributed by atoms with E-state index in [4.69, 9.17) is 4.74 Å². The summed E-state index contributed by atoms with van der Waals surface area (Å²) in [5.41, 5.74) is 0. The number of ether oxygens (including phenoxy) is 1. The highest BCUT2D eigenvalue weighted by Crippen LogP contribution is 2.20. The minimum Gasteiger partial charge on any atom is -0.373 e. The van der Waals surface area contributed by atoms with Crippen molar-refractivity contribution in [3.05, 3.63) is 24.5 Å². The highest BCUT2D eigenvalue weighted by molar-refractivity contribution is 4.91. The zero-order chi connectivity index (χ0) is 8.39. The van der Waals surface area contributed by atoms with Crippen LogP contribution in [-0.2, 0) is 11.3 Å². The summed E-state index contributed by atoms with van der Waals surface area (Å²) >= 11 is 0. The summed E-state index contributed by atoms with van der Waals surface area (Å²) in [6.07, 6.45) is 7.50. The molecule has 0 N–H and O–H groups in total. The van der Waals surface area contributed by atoms with Crippen LogP contribution in [0.3, 0.4) is 0 Å². The van der Waals surface area contributed by atoms with Crippen molar-refractivity contribution in [1.82, 2.24) is 4.57 Å². The van der Waals surface area contributed by atoms with Crippen molar-refractivity contribution in [2.45, 2.75) is 38.5 Å². The summed E-state index contributed by atoms with van der Waals surface area (Å²) in [7, 11) is 0. The van der Waals surface area contributed by atoms with Gasteiger partial charge in [0, 0.05) is 18.9 Å². The number of aromatic nitrogens is 1. The molecule has 1 aromatic rings. The van der Waals surface area contributed by atoms with E-state index in [0.717, 1.165) is 6.54 Å². The lowest BCUT2D eigenvalue weighted by atomic mass is 10.2. The lowest BCUT2D eigenvalue weighted by Gasteiger charge is -2.11. The molecule has 2 heteroatoms. The number of nitrogens with zero attached hydrogens (tertiary/aromatic N) is 1. The maximum atomic E-state index is 5.71. The molecule has 1 aliphatic heterocycles. The first kappa shape index (κ1) is 7.87. The smallest absolute Gasteiger partial charge is 0.0758 e. The Labute approximate surface area is 73.1 Å². The standard InChI is InChI=1S/C10H15NO/c1-9-4-5-10(12-9)8-11-6-2-3-7-11/h2-3,6-7,9-10H,4-5,8H2,1H3. The van der Waals surface area contributed by atoms with Crippen LogP contribution in [0.2, 0.25) is 0 Å². The Balaban J connectivity index is 1.88. The summed E-state index contributed by atoms with van der Waals surface area (Å²) in [4.78, 5) is 0. The molecule has 1 aromatic heterocycles. The Morgan fingerprint density at radius 3 is 2.67 bits per heavy atom. The van der Waals surface area contributed by atoms with E-state index in [9.17, 15) is 0 Å². The molecular weight excluding hydrogens is 150 g/mol. The molecule has 1 aliphatic rings. The van der Waals surface area contributed by atoms with Crippen molar-refractivity contribution in [3.8, 4) is 0 Å². The fourth-order valence-corrected chi connectivity index (χ4v) is 1.75. The van der Waals surface area contributed by atoms with Gasteiger partial charge in [0.05, 0.1) is 12.2 Å². The summed E-state index contributed by atoms with van der Waals surface area (Å²) in [6, 6.07) is 4.11. The average molecular weight is 165 g/mol. The van der Waals surface area contributed by atoms with E-state index in [1.54, 1.807) is 0 Å². The van der Waals surface area contributed by atoms with Crippen molar-refractivity contribution in [2.75, 3.05) is 0 Å². The Hall–Kier alpha value is -0.760. The van der Waals surface area contributed by atoms with E-state index in [0.29, 0.717) is 12.2 Å². The fraction of sp³-hybridized carbons (Fsp3) is 0.600. The maximum Gasteiger partial charge on any atom is 0.0758 e. The van der Waals surface area contributed by atoms with Crippen LogP contribution in [0.4, 0.5) is 0 Å². The molecule has 1 fully saturated rings. The summed E-state index contributed by atoms with van der Waals surface area (Å²) in [5.74, 6) is 0. The second-order valence-corrected chi connectivity index (χ2v) is 3.53. The lowest BCUT2D eigenvalue weighted by Crippen LogP contribution is -2.15. The molecule has 2 nitrogen and oxygen atoms in total. The SMILES string of the molecule is CC1CCC(Cn2cccc2)O1. The van der Waals surface area contributed by atoms with Crippen LogP contribution in [-0.4, -0.2) is 16.8 Å². The third kappa shape index (κ3) is 1.69. The van der Waals surface area contributed by atoms with Crippen molar-refractivity contribution < 1.29 is 4.74 Å². The quantitative estimate of drug-likeness (QED) is 0.654. The average Bonchev–Trinajstić information content (AvgIpc) is 2.63. The van der Waals surface area contributed by atoms with Crippen LogP contribution in [0.1, 0.15) is 19.8 Å². The zero-order valence-corrected chi connectivity index (χ0v) is 7.44. The molecule has 0 amide bonds. The number of hydrogen-bond acceptors (Lipinski definition) is 1. The third-order valence-corrected chi connectivity index (χ3v) is 2.40. The monoisotopic (exact) mass is 165 g/mol. The van der Waals surface area contributed by atoms with E-state index < -0.39 is 0 Å². The molecule has 0 spiro atoms. The molecule has 0 bridgehead atoms. The van der Waals surface area contributed by atoms with Gasteiger partial charge in [-0.15, -0.1) is 0 Å². The molecule has 2 rings (SSSR count). The molecule has 2 unspecified atom stereocenters. The van der Waals surface area contributed by atoms with Crippen LogP contribution < -0.4 is 0 Å². The minimum absolute atomic E-state index is 0.437. The van der Waals surface area contributed by atoms with E-state index in [1.807, 2.05) is 0 Å². The largest absolute Gasteiger partial charge is 0.373 e. The van der Waals surface area contributed by atoms with E-state index >= 15 is 0 Å². The molecule has 0 aromatic carbocycles. The second kappa shape index (κ2) is 3.31. The van der Waals surface area contributed by atoms with Gasteiger partial charge < -0.3 is 9.30 Å². The summed E-state index contributed by atoms with van der Waals surface area (Å²) < 4.78 is 7.90. The first-order chi connectivity index (χ1) is 5.84. The Morgan fingerprint density at radius 2 is 2.08 bits per heavy atom. The van der Waals surface area contributed by atoms with Crippen LogP contribution >= 0.6 is 0 Å². The molecule has 2 heterocycles. The topological polar surface area (TPSA) is 14.2 Å². The van der Waals surface area contributed by atoms with Gasteiger partial charge in [-0.2, -0.15) is 0 Å². The van der Waals surface area contributed by atoms with Gasteiger partial charge in [0.1, 0.15) is 0 Å². The van der Waals surface area contributed by atoms with E-state index in [2.05, 4.69) is 36.0 Å². The number of hydrogen-bond donors (Lipinski definition) is 0. The summed E-state index contributed by atoms with van der Waals surface area (Å²) in [6.45, 7) is 3.16. The summed E-state index contributed by atoms with van der Waals surface area (Å²) in [5, 5.41) is 0. The van der Waals surface area contributed by atoms with Crippen molar-refractivity contribution in [1.29, 1.82) is 0 Å². The molecule has 2 atom stereocenters. The zero-order valence-electron chi connectivity index (χ0n) is 7.44. The molecule has 0 saturated carbocycles. The molecule has 1 saturated heterocycles. The van der Waals surface area contributed by atoms with Crippen molar-refractivity contribution in [3.63, 3.8) is 0 Å². The van der Waals surface area contributed by atoms with Crippen LogP contribution in [0.25, 0.3) is 0 Å². The predicted molar refractivity (Wildman–Crippen MR) is 48.0 cm³/mol. The van der Waals surface area contributed by atoms with Gasteiger partial charge in [0.25, 0.3) is 0 Å². The van der Waals surface area contributed by atoms with E-state index in [-0.39, 0.29) is 0 Å². The fourth-order valence-electron chi connectivity index (χ4n) is 1.75. The Kier molecular flexibility index (Phi) is 2.17. The minimum atomic E-state index is 0.437. The molecule has 0 radical (unpaired) electrons. The maximum absolute atomic E-state index is 5.71. The van der Waals surface area contributed by atoms with Gasteiger partial charge >= 0.3 is 0 Å². The molecule has 66 valence electrons. The van der Waals surface area contributed by atoms with Gasteiger partial charge in [-0.05, 0) is 31.9 Å². The van der Waals surface area contributed by atoms with Crippen molar-refractivity contribution >= 4 is 0 Å². The first-order valence-electron chi connectivity index (χ1n) is 4.61. The van der Waals surface area contributed by atoms with Crippen LogP contribution in [0.5, 0.6) is 0 Å². The van der Waals surface area contributed by atoms with E-state index in [1.165, 1.54) is 12.8 Å². The van der Waals surface area contributed by atoms with Gasteiger partial charge in [-0.1, -0.05) is 0 Å². The van der Waals surface area contributed by atoms with Crippen LogP contribution in [0.15, 0.2) is 24.5 Å². The second-order valence-electron chi connectivity index (χ2n) is 3.53. The third-order valence-electron chi connectivity index (χ3n) is 2.40. The molecular formula is C10H15NO. The number of rotatable bonds is 2. The molecule has 12 heavy (non-hydrogen) atoms. The Bertz CT molecular complexity index is 230. The van der Waals surface area contributed by atoms with Gasteiger partial charge in [-0.3, -0.25) is 0 Å². The van der Waals surface area contributed by atoms with Crippen LogP contribution in [0, 0.1) is 0 Å². The van der Waals surface area contributed by atoms with Gasteiger partial charge in [0.15, 0.2) is 0 Å². The highest BCUT2D eigenvalue weighted by atomic mass is 16.5. The van der Waals surface area contributed by atoms with Crippen molar-refractivity contribution in [2.24, 2.45) is 0 Å². The van der Waals surface area contributed by atoms with Gasteiger partial charge in [0.2, 0.25) is 0 Å². The first-order valence-corrected chi connectivity index (χ1v) is 4.61. The highest BCUT2D eigenvalue weighted by Gasteiger charge is 2.21. The predicted octanol–water partition coefficient (Wildman–Crippen LogP) is 2.06.